The molecule has 1 spiro atoms. The van der Waals surface area contributed by atoms with E-state index in [1.54, 1.807) is 6.92 Å². The van der Waals surface area contributed by atoms with Crippen molar-refractivity contribution in [1.29, 1.82) is 0 Å². The van der Waals surface area contributed by atoms with Crippen LogP contribution in [0.5, 0.6) is 0 Å². The summed E-state index contributed by atoms with van der Waals surface area (Å²) < 4.78 is 50.5. The van der Waals surface area contributed by atoms with Crippen LogP contribution in [0.3, 0.4) is 0 Å². The van der Waals surface area contributed by atoms with Crippen LogP contribution >= 0.6 is 0 Å². The maximum absolute atomic E-state index is 12.4. The van der Waals surface area contributed by atoms with Crippen molar-refractivity contribution in [2.24, 2.45) is 16.7 Å². The van der Waals surface area contributed by atoms with E-state index in [4.69, 9.17) is 37.6 Å². The summed E-state index contributed by atoms with van der Waals surface area (Å²) in [6.07, 6.45) is -2.78. The zero-order chi connectivity index (χ0) is 33.8. The summed E-state index contributed by atoms with van der Waals surface area (Å²) in [5, 5.41) is -0.0619. The minimum atomic E-state index is -2.33. The van der Waals surface area contributed by atoms with Gasteiger partial charge < -0.3 is 37.6 Å². The van der Waals surface area contributed by atoms with Gasteiger partial charge in [-0.1, -0.05) is 41.5 Å². The smallest absolute Gasteiger partial charge is 0.303 e. The lowest BCUT2D eigenvalue weighted by atomic mass is 9.48. The molecule has 258 valence electrons. The Morgan fingerprint density at radius 3 is 1.91 bits per heavy atom. The van der Waals surface area contributed by atoms with E-state index >= 15 is 0 Å². The van der Waals surface area contributed by atoms with Gasteiger partial charge in [0.2, 0.25) is 0 Å². The van der Waals surface area contributed by atoms with Crippen LogP contribution in [0.4, 0.5) is 0 Å². The van der Waals surface area contributed by atoms with Crippen molar-refractivity contribution >= 4 is 26.2 Å². The molecule has 0 aromatic heterocycles. The number of esters is 3. The van der Waals surface area contributed by atoms with Crippen LogP contribution in [0, 0.1) is 16.7 Å². The topological polar surface area (TPSA) is 125 Å². The van der Waals surface area contributed by atoms with E-state index in [1.165, 1.54) is 20.8 Å². The second-order valence-corrected chi connectivity index (χ2v) is 20.5. The van der Waals surface area contributed by atoms with Gasteiger partial charge in [-0.25, -0.2) is 0 Å². The maximum atomic E-state index is 12.4. The van der Waals surface area contributed by atoms with Gasteiger partial charge in [-0.15, -0.1) is 0 Å². The van der Waals surface area contributed by atoms with Crippen molar-refractivity contribution < 1.29 is 52.0 Å². The molecule has 2 aliphatic heterocycles. The Balaban J connectivity index is 1.79. The summed E-state index contributed by atoms with van der Waals surface area (Å²) >= 11 is 0. The highest BCUT2D eigenvalue weighted by molar-refractivity contribution is 6.74. The van der Waals surface area contributed by atoms with Gasteiger partial charge in [-0.2, -0.15) is 0 Å². The molecule has 1 unspecified atom stereocenters. The Kier molecular flexibility index (Phi) is 10.3. The first-order chi connectivity index (χ1) is 20.6. The molecule has 45 heavy (non-hydrogen) atoms. The molecule has 0 radical (unpaired) electrons. The summed E-state index contributed by atoms with van der Waals surface area (Å²) in [5.74, 6) is -2.34. The van der Waals surface area contributed by atoms with E-state index in [0.717, 1.165) is 19.3 Å². The summed E-state index contributed by atoms with van der Waals surface area (Å²) in [6, 6.07) is 0. The van der Waals surface area contributed by atoms with Gasteiger partial charge in [0.1, 0.15) is 0 Å². The SMILES string of the molecule is CC(=O)O[C@@H]1[C@@H](OC(C)=O)[C@H](C)O[C@@H](O[C@H]2C[C@]3(C)C(CCCC34OCCO4)C(C)(C)[C@@H]2O[Si](C)(C)C(C)(C)C)[C@@H]1OC(C)=O. The van der Waals surface area contributed by atoms with Gasteiger partial charge in [0.25, 0.3) is 0 Å². The summed E-state index contributed by atoms with van der Waals surface area (Å²) in [6.45, 7) is 24.4. The van der Waals surface area contributed by atoms with Gasteiger partial charge in [-0.05, 0) is 55.7 Å². The van der Waals surface area contributed by atoms with Gasteiger partial charge in [0.05, 0.1) is 31.5 Å². The minimum absolute atomic E-state index is 0.0619. The van der Waals surface area contributed by atoms with Crippen LogP contribution in [-0.2, 0) is 52.0 Å². The minimum Gasteiger partial charge on any atom is -0.456 e. The highest BCUT2D eigenvalue weighted by Crippen LogP contribution is 2.65. The van der Waals surface area contributed by atoms with Crippen LogP contribution in [-0.4, -0.2) is 88.1 Å². The van der Waals surface area contributed by atoms with E-state index in [9.17, 15) is 14.4 Å². The normalized spacial score (nSPS) is 37.9. The average Bonchev–Trinajstić information content (AvgIpc) is 3.36. The molecule has 0 N–H and O–H groups in total. The fourth-order valence-corrected chi connectivity index (χ4v) is 9.57. The van der Waals surface area contributed by atoms with Crippen LogP contribution < -0.4 is 0 Å². The molecule has 0 aromatic rings. The Labute approximate surface area is 269 Å². The molecule has 12 heteroatoms. The van der Waals surface area contributed by atoms with Crippen molar-refractivity contribution in [3.8, 4) is 0 Å². The van der Waals surface area contributed by atoms with Gasteiger partial charge in [0, 0.05) is 32.6 Å². The molecule has 4 aliphatic rings. The number of hydrogen-bond acceptors (Lipinski definition) is 11. The predicted molar refractivity (Wildman–Crippen MR) is 166 cm³/mol. The number of carbonyl (C=O) groups is 3. The standard InChI is InChI=1S/C33H56O11Si/c1-19-25(40-20(2)34)26(41-21(3)35)27(42-22(4)36)29(39-19)43-23-18-32(10)24(14-13-15-33(32)37-16-17-38-33)31(8,9)28(23)44-45(11,12)30(5,6)7/h19,23-29H,13-18H2,1-12H3/t19-,23-,24?,25-,26+,27+,28+,29-,32+/m0/s1. The molecular formula is C33H56O11Si. The van der Waals surface area contributed by atoms with Crippen LogP contribution in [0.15, 0.2) is 0 Å². The summed E-state index contributed by atoms with van der Waals surface area (Å²) in [5.41, 5.74) is -0.793. The number of ether oxygens (including phenoxy) is 7. The lowest BCUT2D eigenvalue weighted by molar-refractivity contribution is -0.349. The highest BCUT2D eigenvalue weighted by Gasteiger charge is 2.68. The first-order valence-electron chi connectivity index (χ1n) is 16.4. The van der Waals surface area contributed by atoms with Gasteiger partial charge >= 0.3 is 17.9 Å². The molecule has 2 heterocycles. The number of fused-ring (bicyclic) bond motifs is 2. The molecule has 2 saturated heterocycles. The van der Waals surface area contributed by atoms with Crippen molar-refractivity contribution in [3.05, 3.63) is 0 Å². The van der Waals surface area contributed by atoms with E-state index < -0.39 is 74.2 Å². The molecular weight excluding hydrogens is 600 g/mol. The Hall–Kier alpha value is -1.57. The molecule has 11 nitrogen and oxygen atoms in total. The highest BCUT2D eigenvalue weighted by atomic mass is 28.4. The largest absolute Gasteiger partial charge is 0.456 e. The van der Waals surface area contributed by atoms with Gasteiger partial charge in [0.15, 0.2) is 38.7 Å². The average molecular weight is 657 g/mol. The molecule has 4 fully saturated rings. The van der Waals surface area contributed by atoms with Gasteiger partial charge in [-0.3, -0.25) is 14.4 Å². The number of carbonyl (C=O) groups excluding carboxylic acids is 3. The molecule has 2 saturated carbocycles. The quantitative estimate of drug-likeness (QED) is 0.154. The zero-order valence-corrected chi connectivity index (χ0v) is 30.4. The van der Waals surface area contributed by atoms with E-state index in [2.05, 4.69) is 54.6 Å². The third-order valence-corrected chi connectivity index (χ3v) is 15.6. The Morgan fingerprint density at radius 1 is 0.844 bits per heavy atom. The van der Waals surface area contributed by atoms with Crippen LogP contribution in [0.1, 0.15) is 94.9 Å². The Bertz CT molecular complexity index is 1110. The summed E-state index contributed by atoms with van der Waals surface area (Å²) in [7, 11) is -2.33. The molecule has 2 aliphatic carbocycles. The fraction of sp³-hybridized carbons (Fsp3) is 0.909. The number of hydrogen-bond donors (Lipinski definition) is 0. The maximum Gasteiger partial charge on any atom is 0.303 e. The summed E-state index contributed by atoms with van der Waals surface area (Å²) in [4.78, 5) is 36.8. The van der Waals surface area contributed by atoms with E-state index in [-0.39, 0.29) is 22.5 Å². The molecule has 9 atom stereocenters. The van der Waals surface area contributed by atoms with Crippen molar-refractivity contribution in [1.82, 2.24) is 0 Å². The lowest BCUT2D eigenvalue weighted by Gasteiger charge is -2.64. The van der Waals surface area contributed by atoms with Crippen molar-refractivity contribution in [3.63, 3.8) is 0 Å². The Morgan fingerprint density at radius 2 is 1.38 bits per heavy atom. The fourth-order valence-electron chi connectivity index (χ4n) is 8.12. The second kappa shape index (κ2) is 12.8. The first-order valence-corrected chi connectivity index (χ1v) is 19.3. The zero-order valence-electron chi connectivity index (χ0n) is 29.4. The van der Waals surface area contributed by atoms with Crippen molar-refractivity contribution in [2.45, 2.75) is 162 Å². The molecule has 0 aromatic carbocycles. The molecule has 4 rings (SSSR count). The third-order valence-electron chi connectivity index (χ3n) is 11.2. The van der Waals surface area contributed by atoms with Crippen molar-refractivity contribution in [2.75, 3.05) is 13.2 Å². The van der Waals surface area contributed by atoms with Crippen LogP contribution in [0.2, 0.25) is 18.1 Å². The van der Waals surface area contributed by atoms with Crippen LogP contribution in [0.25, 0.3) is 0 Å². The first kappa shape index (κ1) is 36.3. The lowest BCUT2D eigenvalue weighted by Crippen LogP contribution is -2.69. The van der Waals surface area contributed by atoms with E-state index in [1.807, 2.05) is 0 Å². The third kappa shape index (κ3) is 6.88. The molecule has 0 amide bonds. The van der Waals surface area contributed by atoms with E-state index in [0.29, 0.717) is 19.6 Å². The monoisotopic (exact) mass is 656 g/mol. The number of rotatable bonds is 7. The second-order valence-electron chi connectivity index (χ2n) is 15.7. The molecule has 0 bridgehead atoms. The predicted octanol–water partition coefficient (Wildman–Crippen LogP) is 5.28.